The lowest BCUT2D eigenvalue weighted by atomic mass is 10.0. The second kappa shape index (κ2) is 10.7. The minimum absolute atomic E-state index is 0.156. The van der Waals surface area contributed by atoms with Gasteiger partial charge in [-0.25, -0.2) is 0 Å². The minimum Gasteiger partial charge on any atom is -0.480 e. The average molecular weight is 445 g/mol. The Balaban J connectivity index is 1.75. The van der Waals surface area contributed by atoms with E-state index in [0.29, 0.717) is 13.0 Å². The van der Waals surface area contributed by atoms with Gasteiger partial charge in [0.25, 0.3) is 0 Å². The number of nitrogens with one attached hydrogen (secondary N) is 5. The van der Waals surface area contributed by atoms with Crippen molar-refractivity contribution in [3.63, 3.8) is 0 Å². The number of fused-ring (bicyclic) bond motifs is 1. The molecular formula is C21H27N5O6. The van der Waals surface area contributed by atoms with Gasteiger partial charge in [0, 0.05) is 23.5 Å². The topological polar surface area (TPSA) is 173 Å². The van der Waals surface area contributed by atoms with Gasteiger partial charge in [0.05, 0.1) is 12.6 Å². The van der Waals surface area contributed by atoms with Crippen molar-refractivity contribution in [3.8, 4) is 0 Å². The first-order valence-electron chi connectivity index (χ1n) is 10.4. The van der Waals surface area contributed by atoms with Crippen LogP contribution in [0.25, 0.3) is 10.9 Å². The highest BCUT2D eigenvalue weighted by Gasteiger charge is 2.30. The van der Waals surface area contributed by atoms with Crippen molar-refractivity contribution in [2.75, 3.05) is 19.7 Å². The summed E-state index contributed by atoms with van der Waals surface area (Å²) < 4.78 is 0. The van der Waals surface area contributed by atoms with Crippen LogP contribution in [0.3, 0.4) is 0 Å². The number of aromatic amines is 1. The molecule has 1 aromatic carbocycles. The maximum atomic E-state index is 13.0. The van der Waals surface area contributed by atoms with Gasteiger partial charge in [0.1, 0.15) is 18.6 Å². The van der Waals surface area contributed by atoms with Crippen molar-refractivity contribution < 1.29 is 29.4 Å². The Hall–Kier alpha value is -3.44. The van der Waals surface area contributed by atoms with Crippen LogP contribution in [0.1, 0.15) is 18.4 Å². The summed E-state index contributed by atoms with van der Waals surface area (Å²) in [6, 6.07) is 4.77. The van der Waals surface area contributed by atoms with Crippen LogP contribution >= 0.6 is 0 Å². The Kier molecular flexibility index (Phi) is 7.79. The summed E-state index contributed by atoms with van der Waals surface area (Å²) in [5, 5.41) is 29.5. The molecule has 1 fully saturated rings. The number of amides is 3. The second-order valence-electron chi connectivity index (χ2n) is 7.63. The molecule has 1 aliphatic rings. The molecule has 11 nitrogen and oxygen atoms in total. The van der Waals surface area contributed by atoms with E-state index in [-0.39, 0.29) is 12.3 Å². The number of carboxylic acids is 1. The van der Waals surface area contributed by atoms with Gasteiger partial charge in [0.2, 0.25) is 17.7 Å². The van der Waals surface area contributed by atoms with Crippen LogP contribution in [0, 0.1) is 0 Å². The van der Waals surface area contributed by atoms with E-state index >= 15 is 0 Å². The van der Waals surface area contributed by atoms with Crippen molar-refractivity contribution in [2.45, 2.75) is 37.4 Å². The zero-order chi connectivity index (χ0) is 23.1. The highest BCUT2D eigenvalue weighted by atomic mass is 16.4. The van der Waals surface area contributed by atoms with Crippen molar-refractivity contribution in [3.05, 3.63) is 36.0 Å². The highest BCUT2D eigenvalue weighted by Crippen LogP contribution is 2.19. The molecule has 3 rings (SSSR count). The molecule has 1 aliphatic heterocycles. The Morgan fingerprint density at radius 2 is 1.88 bits per heavy atom. The normalized spacial score (nSPS) is 17.5. The molecule has 3 amide bonds. The van der Waals surface area contributed by atoms with Gasteiger partial charge in [-0.15, -0.1) is 0 Å². The summed E-state index contributed by atoms with van der Waals surface area (Å²) in [5.74, 6) is -3.07. The Labute approximate surface area is 183 Å². The molecule has 2 heterocycles. The van der Waals surface area contributed by atoms with E-state index in [1.54, 1.807) is 6.20 Å². The summed E-state index contributed by atoms with van der Waals surface area (Å²) in [7, 11) is 0. The number of aliphatic hydroxyl groups excluding tert-OH is 1. The fourth-order valence-electron chi connectivity index (χ4n) is 3.66. The second-order valence-corrected chi connectivity index (χ2v) is 7.63. The van der Waals surface area contributed by atoms with Gasteiger partial charge in [-0.2, -0.15) is 0 Å². The van der Waals surface area contributed by atoms with Crippen LogP contribution in [-0.2, 0) is 25.6 Å². The average Bonchev–Trinajstić information content (AvgIpc) is 3.46. The molecule has 172 valence electrons. The number of benzene rings is 1. The van der Waals surface area contributed by atoms with Gasteiger partial charge in [-0.3, -0.25) is 19.2 Å². The Morgan fingerprint density at radius 3 is 2.56 bits per heavy atom. The smallest absolute Gasteiger partial charge is 0.322 e. The molecule has 0 radical (unpaired) electrons. The number of aromatic nitrogens is 1. The SMILES string of the molecule is O=C(O)CNC(=O)C(CO)NC(=O)C(Cc1c[nH]c2ccccc12)NC(=O)C1CCCN1. The maximum Gasteiger partial charge on any atom is 0.322 e. The van der Waals surface area contributed by atoms with Gasteiger partial charge in [-0.05, 0) is 31.0 Å². The van der Waals surface area contributed by atoms with Gasteiger partial charge >= 0.3 is 5.97 Å². The molecule has 0 aliphatic carbocycles. The fraction of sp³-hybridized carbons (Fsp3) is 0.429. The van der Waals surface area contributed by atoms with Gasteiger partial charge < -0.3 is 36.5 Å². The lowest BCUT2D eigenvalue weighted by Gasteiger charge is -2.23. The van der Waals surface area contributed by atoms with Crippen LogP contribution in [-0.4, -0.2) is 76.7 Å². The van der Waals surface area contributed by atoms with Crippen LogP contribution in [0.15, 0.2) is 30.5 Å². The lowest BCUT2D eigenvalue weighted by molar-refractivity contribution is -0.139. The highest BCUT2D eigenvalue weighted by molar-refractivity contribution is 5.94. The minimum atomic E-state index is -1.35. The van der Waals surface area contributed by atoms with E-state index in [2.05, 4.69) is 26.3 Å². The van der Waals surface area contributed by atoms with E-state index in [0.717, 1.165) is 22.9 Å². The van der Waals surface area contributed by atoms with Crippen LogP contribution in [0.4, 0.5) is 0 Å². The Bertz CT molecular complexity index is 984. The predicted octanol–water partition coefficient (Wildman–Crippen LogP) is -1.37. The van der Waals surface area contributed by atoms with E-state index in [4.69, 9.17) is 5.11 Å². The molecule has 2 aromatic rings. The van der Waals surface area contributed by atoms with Crippen molar-refractivity contribution in [1.82, 2.24) is 26.3 Å². The third-order valence-electron chi connectivity index (χ3n) is 5.34. The summed E-state index contributed by atoms with van der Waals surface area (Å²) in [4.78, 5) is 51.6. The lowest BCUT2D eigenvalue weighted by Crippen LogP contribution is -2.57. The molecule has 3 atom stereocenters. The fourth-order valence-corrected chi connectivity index (χ4v) is 3.66. The number of hydrogen-bond donors (Lipinski definition) is 7. The van der Waals surface area contributed by atoms with Gasteiger partial charge in [0.15, 0.2) is 0 Å². The summed E-state index contributed by atoms with van der Waals surface area (Å²) in [5.41, 5.74) is 1.68. The number of H-pyrrole nitrogens is 1. The molecule has 1 saturated heterocycles. The third-order valence-corrected chi connectivity index (χ3v) is 5.34. The number of carbonyl (C=O) groups is 4. The molecule has 11 heteroatoms. The number of aliphatic hydroxyl groups is 1. The first-order valence-corrected chi connectivity index (χ1v) is 10.4. The number of rotatable bonds is 10. The summed E-state index contributed by atoms with van der Waals surface area (Å²) >= 11 is 0. The van der Waals surface area contributed by atoms with E-state index in [9.17, 15) is 24.3 Å². The molecular weight excluding hydrogens is 418 g/mol. The van der Waals surface area contributed by atoms with Gasteiger partial charge in [-0.1, -0.05) is 18.2 Å². The molecule has 0 spiro atoms. The van der Waals surface area contributed by atoms with E-state index in [1.807, 2.05) is 24.3 Å². The first kappa shape index (κ1) is 23.2. The number of carbonyl (C=O) groups excluding carboxylic acids is 3. The summed E-state index contributed by atoms with van der Waals surface area (Å²) in [6.07, 6.45) is 3.43. The number of hydrogen-bond acceptors (Lipinski definition) is 6. The van der Waals surface area contributed by atoms with Crippen molar-refractivity contribution >= 4 is 34.6 Å². The number of aliphatic carboxylic acids is 1. The van der Waals surface area contributed by atoms with Crippen molar-refractivity contribution in [1.29, 1.82) is 0 Å². The number of para-hydroxylation sites is 1. The van der Waals surface area contributed by atoms with Crippen LogP contribution in [0.5, 0.6) is 0 Å². The maximum absolute atomic E-state index is 13.0. The molecule has 0 bridgehead atoms. The largest absolute Gasteiger partial charge is 0.480 e. The van der Waals surface area contributed by atoms with Crippen molar-refractivity contribution in [2.24, 2.45) is 0 Å². The molecule has 1 aromatic heterocycles. The molecule has 3 unspecified atom stereocenters. The van der Waals surface area contributed by atoms with E-state index in [1.165, 1.54) is 0 Å². The van der Waals surface area contributed by atoms with E-state index < -0.39 is 49.1 Å². The van der Waals surface area contributed by atoms with Crippen LogP contribution in [0.2, 0.25) is 0 Å². The molecule has 7 N–H and O–H groups in total. The quantitative estimate of drug-likeness (QED) is 0.236. The standard InChI is InChI=1S/C21H27N5O6/c27-11-17(19(30)24-10-18(28)29)26-21(32)16(25-20(31)15-6-3-7-22-15)8-12-9-23-14-5-2-1-4-13(12)14/h1-2,4-5,9,15-17,22-23,27H,3,6-8,10-11H2,(H,24,30)(H,25,31)(H,26,32)(H,28,29). The zero-order valence-electron chi connectivity index (χ0n) is 17.4. The molecule has 0 saturated carbocycles. The first-order chi connectivity index (χ1) is 15.4. The monoisotopic (exact) mass is 445 g/mol. The van der Waals surface area contributed by atoms with Crippen LogP contribution < -0.4 is 21.3 Å². The Morgan fingerprint density at radius 1 is 1.09 bits per heavy atom. The predicted molar refractivity (Wildman–Crippen MR) is 115 cm³/mol. The molecule has 32 heavy (non-hydrogen) atoms. The zero-order valence-corrected chi connectivity index (χ0v) is 17.4. The number of carboxylic acid groups (broad SMARTS) is 1. The summed E-state index contributed by atoms with van der Waals surface area (Å²) in [6.45, 7) is -0.656. The third kappa shape index (κ3) is 5.83.